The Morgan fingerprint density at radius 3 is 2.55 bits per heavy atom. The van der Waals surface area contributed by atoms with Crippen LogP contribution in [0.1, 0.15) is 19.4 Å². The van der Waals surface area contributed by atoms with E-state index in [1.165, 1.54) is 6.08 Å². The number of esters is 1. The highest BCUT2D eigenvalue weighted by atomic mass is 79.9. The topological polar surface area (TPSA) is 83.1 Å². The van der Waals surface area contributed by atoms with E-state index >= 15 is 0 Å². The quantitative estimate of drug-likeness (QED) is 0.328. The lowest BCUT2D eigenvalue weighted by Crippen LogP contribution is -2.16. The highest BCUT2D eigenvalue weighted by molar-refractivity contribution is 9.10. The van der Waals surface area contributed by atoms with Gasteiger partial charge in [0.1, 0.15) is 0 Å². The largest absolute Gasteiger partial charge is 0.492 e. The van der Waals surface area contributed by atoms with Crippen LogP contribution in [0.3, 0.4) is 0 Å². The molecule has 0 spiro atoms. The van der Waals surface area contributed by atoms with Crippen LogP contribution in [0.4, 0.5) is 5.69 Å². The van der Waals surface area contributed by atoms with Crippen LogP contribution in [0.25, 0.3) is 6.08 Å². The van der Waals surface area contributed by atoms with Gasteiger partial charge in [0.15, 0.2) is 22.8 Å². The molecule has 2 aromatic rings. The second-order valence-electron chi connectivity index (χ2n) is 6.32. The molecule has 7 nitrogen and oxygen atoms in total. The van der Waals surface area contributed by atoms with Crippen LogP contribution in [0, 0.1) is 0 Å². The number of hydrogen-bond donors (Lipinski definition) is 1. The van der Waals surface area contributed by atoms with Crippen LogP contribution in [-0.4, -0.2) is 32.1 Å². The van der Waals surface area contributed by atoms with E-state index in [0.29, 0.717) is 33.8 Å². The van der Waals surface area contributed by atoms with Gasteiger partial charge >= 0.3 is 5.97 Å². The van der Waals surface area contributed by atoms with Crippen molar-refractivity contribution in [3.8, 4) is 11.5 Å². The van der Waals surface area contributed by atoms with Gasteiger partial charge in [-0.3, -0.25) is 4.79 Å². The zero-order valence-corrected chi connectivity index (χ0v) is 18.9. The third-order valence-corrected chi connectivity index (χ3v) is 4.82. The summed E-state index contributed by atoms with van der Waals surface area (Å²) in [5.41, 5.74) is 1.11. The molecule has 0 radical (unpaired) electrons. The zero-order valence-electron chi connectivity index (χ0n) is 17.4. The van der Waals surface area contributed by atoms with E-state index < -0.39 is 11.8 Å². The van der Waals surface area contributed by atoms with E-state index in [2.05, 4.69) is 21.2 Å². The number of halogens is 1. The number of para-hydroxylation sites is 1. The molecule has 0 fully saturated rings. The molecule has 1 N–H and O–H groups in total. The molecule has 31 heavy (non-hydrogen) atoms. The van der Waals surface area contributed by atoms with Crippen LogP contribution in [-0.2, 0) is 19.1 Å². The van der Waals surface area contributed by atoms with Crippen molar-refractivity contribution < 1.29 is 28.5 Å². The second-order valence-corrected chi connectivity index (χ2v) is 7.18. The Kier molecular flexibility index (Phi) is 7.36. The molecule has 1 heterocycles. The number of Topliss-reactive ketones (excluding diaryl/α,β-unsaturated/α-hetero) is 1. The van der Waals surface area contributed by atoms with E-state index in [1.807, 2.05) is 25.1 Å². The van der Waals surface area contributed by atoms with Crippen molar-refractivity contribution in [2.75, 3.05) is 25.6 Å². The van der Waals surface area contributed by atoms with Crippen molar-refractivity contribution in [3.05, 3.63) is 69.7 Å². The van der Waals surface area contributed by atoms with E-state index in [9.17, 15) is 9.59 Å². The van der Waals surface area contributed by atoms with Gasteiger partial charge < -0.3 is 24.3 Å². The smallest absolute Gasteiger partial charge is 0.347 e. The van der Waals surface area contributed by atoms with E-state index in [4.69, 9.17) is 18.9 Å². The molecule has 0 aliphatic carbocycles. The number of benzene rings is 2. The molecule has 3 rings (SSSR count). The minimum absolute atomic E-state index is 0.0130. The number of methoxy groups -OCH3 is 1. The summed E-state index contributed by atoms with van der Waals surface area (Å²) in [6.45, 7) is 4.11. The first kappa shape index (κ1) is 22.4. The van der Waals surface area contributed by atoms with Gasteiger partial charge in [-0.15, -0.1) is 0 Å². The Hall–Kier alpha value is -3.26. The molecule has 0 saturated carbocycles. The molecule has 1 aliphatic rings. The van der Waals surface area contributed by atoms with Gasteiger partial charge in [0.2, 0.25) is 11.7 Å². The lowest BCUT2D eigenvalue weighted by Gasteiger charge is -2.12. The lowest BCUT2D eigenvalue weighted by molar-refractivity contribution is -0.139. The molecule has 0 aromatic heterocycles. The molecule has 1 aliphatic heterocycles. The Balaban J connectivity index is 1.98. The number of anilines is 1. The molecule has 2 aromatic carbocycles. The maximum atomic E-state index is 13.0. The fraction of sp³-hybridized carbons (Fsp3) is 0.217. The summed E-state index contributed by atoms with van der Waals surface area (Å²) < 4.78 is 22.4. The number of nitrogens with one attached hydrogen (secondary N) is 1. The maximum Gasteiger partial charge on any atom is 0.347 e. The third kappa shape index (κ3) is 5.08. The molecule has 8 heteroatoms. The van der Waals surface area contributed by atoms with Crippen molar-refractivity contribution in [3.63, 3.8) is 0 Å². The average Bonchev–Trinajstić information content (AvgIpc) is 3.04. The van der Waals surface area contributed by atoms with Crippen molar-refractivity contribution in [2.24, 2.45) is 0 Å². The summed E-state index contributed by atoms with van der Waals surface area (Å²) in [5, 5.41) is 2.98. The number of carbonyl (C=O) groups excluding carboxylic acids is 2. The van der Waals surface area contributed by atoms with Crippen LogP contribution in [0.15, 0.2) is 64.2 Å². The van der Waals surface area contributed by atoms with E-state index in [-0.39, 0.29) is 23.8 Å². The molecular weight excluding hydrogens is 466 g/mol. The summed E-state index contributed by atoms with van der Waals surface area (Å²) in [4.78, 5) is 25.4. The summed E-state index contributed by atoms with van der Waals surface area (Å²) in [6, 6.07) is 12.6. The molecule has 0 amide bonds. The number of allylic oxidation sites excluding steroid dienone is 1. The van der Waals surface area contributed by atoms with Gasteiger partial charge in [0.25, 0.3) is 0 Å². The van der Waals surface area contributed by atoms with Crippen LogP contribution >= 0.6 is 15.9 Å². The summed E-state index contributed by atoms with van der Waals surface area (Å²) in [6.07, 6.45) is 1.54. The van der Waals surface area contributed by atoms with Crippen molar-refractivity contribution in [1.29, 1.82) is 0 Å². The first-order chi connectivity index (χ1) is 15.0. The Labute approximate surface area is 188 Å². The molecule has 0 bridgehead atoms. The predicted molar refractivity (Wildman–Crippen MR) is 120 cm³/mol. The number of carbonyl (C=O) groups is 2. The first-order valence-corrected chi connectivity index (χ1v) is 10.5. The monoisotopic (exact) mass is 487 g/mol. The van der Waals surface area contributed by atoms with Gasteiger partial charge in [-0.05, 0) is 65.7 Å². The maximum absolute atomic E-state index is 13.0. The predicted octanol–water partition coefficient (Wildman–Crippen LogP) is 4.68. The van der Waals surface area contributed by atoms with Gasteiger partial charge in [-0.2, -0.15) is 0 Å². The lowest BCUT2D eigenvalue weighted by atomic mass is 10.1. The molecule has 0 atom stereocenters. The normalized spacial score (nSPS) is 14.5. The highest BCUT2D eigenvalue weighted by Crippen LogP contribution is 2.38. The summed E-state index contributed by atoms with van der Waals surface area (Å²) in [5.74, 6) is -0.251. The Bertz CT molecular complexity index is 1050. The average molecular weight is 488 g/mol. The number of hydrogen-bond acceptors (Lipinski definition) is 7. The second kappa shape index (κ2) is 10.2. The van der Waals surface area contributed by atoms with Crippen LogP contribution in [0.5, 0.6) is 11.5 Å². The van der Waals surface area contributed by atoms with Gasteiger partial charge in [-0.1, -0.05) is 18.2 Å². The summed E-state index contributed by atoms with van der Waals surface area (Å²) in [7, 11) is 1.54. The third-order valence-electron chi connectivity index (χ3n) is 4.23. The van der Waals surface area contributed by atoms with Gasteiger partial charge in [0, 0.05) is 5.69 Å². The first-order valence-electron chi connectivity index (χ1n) is 9.66. The fourth-order valence-electron chi connectivity index (χ4n) is 2.94. The Morgan fingerprint density at radius 2 is 1.90 bits per heavy atom. The number of rotatable bonds is 8. The number of ether oxygens (including phenoxy) is 4. The number of ketones is 1. The highest BCUT2D eigenvalue weighted by Gasteiger charge is 2.37. The van der Waals surface area contributed by atoms with Crippen molar-refractivity contribution in [1.82, 2.24) is 0 Å². The van der Waals surface area contributed by atoms with Crippen molar-refractivity contribution >= 4 is 39.4 Å². The molecular formula is C23H22BrNO6. The van der Waals surface area contributed by atoms with Crippen LogP contribution in [0.2, 0.25) is 0 Å². The minimum atomic E-state index is -0.750. The zero-order chi connectivity index (χ0) is 22.4. The van der Waals surface area contributed by atoms with E-state index in [0.717, 1.165) is 0 Å². The molecule has 0 unspecified atom stereocenters. The molecule has 162 valence electrons. The molecule has 0 saturated heterocycles. The standard InChI is InChI=1S/C23H22BrNO6/c1-4-29-18-13-14(11-16(24)21(18)28-3)12-17-20(26)19(23(27)30-5-2)22(31-17)25-15-9-7-6-8-10-15/h6-13,25H,4-5H2,1-3H3/b17-12-. The van der Waals surface area contributed by atoms with Gasteiger partial charge in [-0.25, -0.2) is 4.79 Å². The SMILES string of the molecule is CCOC(=O)C1=C(Nc2ccccc2)O/C(=C\c2cc(Br)c(OC)c(OCC)c2)C1=O. The minimum Gasteiger partial charge on any atom is -0.492 e. The van der Waals surface area contributed by atoms with E-state index in [1.54, 1.807) is 38.3 Å². The fourth-order valence-corrected chi connectivity index (χ4v) is 3.56. The van der Waals surface area contributed by atoms with Gasteiger partial charge in [0.05, 0.1) is 24.8 Å². The Morgan fingerprint density at radius 1 is 1.16 bits per heavy atom. The summed E-state index contributed by atoms with van der Waals surface area (Å²) >= 11 is 3.45. The van der Waals surface area contributed by atoms with Crippen molar-refractivity contribution in [2.45, 2.75) is 13.8 Å². The van der Waals surface area contributed by atoms with Crippen LogP contribution < -0.4 is 14.8 Å².